The Balaban J connectivity index is 1.34. The van der Waals surface area contributed by atoms with Gasteiger partial charge in [-0.1, -0.05) is 41.9 Å². The number of fused-ring (bicyclic) bond motifs is 1. The Kier molecular flexibility index (Phi) is 8.49. The molecule has 222 valence electrons. The first kappa shape index (κ1) is 29.0. The summed E-state index contributed by atoms with van der Waals surface area (Å²) in [4.78, 5) is 11.0. The first-order chi connectivity index (χ1) is 20.3. The molecule has 2 fully saturated rings. The molecule has 6 rings (SSSR count). The number of aromatic amines is 1. The molecule has 1 aliphatic carbocycles. The fraction of sp³-hybridized carbons (Fsp3) is 0.387. The van der Waals surface area contributed by atoms with E-state index in [1.165, 1.54) is 6.07 Å². The summed E-state index contributed by atoms with van der Waals surface area (Å²) >= 11 is 6.65. The zero-order valence-corrected chi connectivity index (χ0v) is 24.5. The largest absolute Gasteiger partial charge is 0.434 e. The first-order valence-corrected chi connectivity index (χ1v) is 16.2. The summed E-state index contributed by atoms with van der Waals surface area (Å²) in [6, 6.07) is 17.2. The number of sulfone groups is 1. The van der Waals surface area contributed by atoms with Gasteiger partial charge in [-0.2, -0.15) is 8.78 Å². The molecule has 1 saturated heterocycles. The number of halogens is 3. The van der Waals surface area contributed by atoms with Crippen LogP contribution in [0.5, 0.6) is 5.75 Å². The average Bonchev–Trinajstić information content (AvgIpc) is 3.69. The number of nitrogens with zero attached hydrogens (tertiary/aromatic N) is 2. The van der Waals surface area contributed by atoms with E-state index in [1.807, 2.05) is 12.1 Å². The molecule has 11 heteroatoms. The quantitative estimate of drug-likeness (QED) is 0.207. The number of hydrogen-bond donors (Lipinski definition) is 1. The topological polar surface area (TPSA) is 84.5 Å². The number of ether oxygens (including phenoxy) is 2. The normalized spacial score (nSPS) is 17.1. The van der Waals surface area contributed by atoms with Crippen molar-refractivity contribution in [3.8, 4) is 16.9 Å². The molecule has 0 spiro atoms. The second-order valence-electron chi connectivity index (χ2n) is 10.9. The van der Waals surface area contributed by atoms with Crippen LogP contribution in [0.15, 0.2) is 65.6 Å². The number of rotatable bonds is 11. The van der Waals surface area contributed by atoms with Crippen molar-refractivity contribution < 1.29 is 26.7 Å². The zero-order valence-electron chi connectivity index (χ0n) is 22.9. The molecule has 0 unspecified atom stereocenters. The van der Waals surface area contributed by atoms with Crippen molar-refractivity contribution in [3.63, 3.8) is 0 Å². The third kappa shape index (κ3) is 6.62. The lowest BCUT2D eigenvalue weighted by molar-refractivity contribution is -0.0494. The molecule has 7 nitrogen and oxygen atoms in total. The highest BCUT2D eigenvalue weighted by molar-refractivity contribution is 7.91. The molecule has 1 atom stereocenters. The molecule has 1 N–H and O–H groups in total. The summed E-state index contributed by atoms with van der Waals surface area (Å²) < 4.78 is 62.1. The van der Waals surface area contributed by atoms with E-state index in [0.717, 1.165) is 50.3 Å². The van der Waals surface area contributed by atoms with Crippen LogP contribution >= 0.6 is 11.6 Å². The van der Waals surface area contributed by atoms with Crippen LogP contribution in [0.4, 0.5) is 8.78 Å². The predicted octanol–water partition coefficient (Wildman–Crippen LogP) is 6.52. The molecular formula is C31H32ClF2N3O4S. The number of H-pyrrole nitrogens is 1. The molecule has 0 radical (unpaired) electrons. The zero-order chi connectivity index (χ0) is 29.3. The van der Waals surface area contributed by atoms with Gasteiger partial charge in [0, 0.05) is 30.1 Å². The van der Waals surface area contributed by atoms with Gasteiger partial charge in [0.05, 0.1) is 39.9 Å². The summed E-state index contributed by atoms with van der Waals surface area (Å²) in [6.45, 7) is 0.945. The van der Waals surface area contributed by atoms with Crippen molar-refractivity contribution in [2.75, 3.05) is 38.6 Å². The number of aromatic nitrogens is 2. The maximum atomic E-state index is 13.1. The standard InChI is InChI=1S/C31H32ClF2N3O4S/c32-26-18-28-27(17-25(26)24-3-1-2-4-29(24)41-31(33)34)35-30(36-28)23(11-12-37-13-15-40-16-14-37)21-7-9-22(10-8-21)42(38,39)19-20-5-6-20/h1-4,7-10,17-18,20,23,31H,5-6,11-16,19H2,(H,35,36)/t23-/m1/s1. The van der Waals surface area contributed by atoms with Gasteiger partial charge in [0.25, 0.3) is 0 Å². The monoisotopic (exact) mass is 615 g/mol. The molecule has 0 amide bonds. The van der Waals surface area contributed by atoms with E-state index in [0.29, 0.717) is 45.3 Å². The predicted molar refractivity (Wildman–Crippen MR) is 158 cm³/mol. The number of nitrogens with one attached hydrogen (secondary N) is 1. The summed E-state index contributed by atoms with van der Waals surface area (Å²) in [5, 5.41) is 0.373. The molecule has 1 saturated carbocycles. The highest BCUT2D eigenvalue weighted by Crippen LogP contribution is 2.39. The van der Waals surface area contributed by atoms with Crippen LogP contribution in [-0.2, 0) is 14.6 Å². The molecule has 3 aromatic carbocycles. The summed E-state index contributed by atoms with van der Waals surface area (Å²) in [7, 11) is -3.32. The van der Waals surface area contributed by atoms with Crippen LogP contribution in [0.1, 0.15) is 36.6 Å². The summed E-state index contributed by atoms with van der Waals surface area (Å²) in [5.41, 5.74) is 3.28. The van der Waals surface area contributed by atoms with Crippen LogP contribution in [0, 0.1) is 5.92 Å². The fourth-order valence-electron chi connectivity index (χ4n) is 5.51. The smallest absolute Gasteiger partial charge is 0.387 e. The molecule has 2 heterocycles. The molecule has 1 aromatic heterocycles. The number of hydrogen-bond acceptors (Lipinski definition) is 6. The van der Waals surface area contributed by atoms with Crippen LogP contribution < -0.4 is 4.74 Å². The SMILES string of the molecule is O=S(=O)(CC1CC1)c1ccc([C@@H](CCN2CCOCC2)c2nc3cc(-c4ccccc4OC(F)F)c(Cl)cc3[nH]2)cc1. The van der Waals surface area contributed by atoms with Crippen LogP contribution in [-0.4, -0.2) is 68.5 Å². The van der Waals surface area contributed by atoms with Gasteiger partial charge in [0.15, 0.2) is 9.84 Å². The van der Waals surface area contributed by atoms with Gasteiger partial charge in [-0.05, 0) is 67.6 Å². The highest BCUT2D eigenvalue weighted by atomic mass is 35.5. The van der Waals surface area contributed by atoms with Crippen LogP contribution in [0.3, 0.4) is 0 Å². The van der Waals surface area contributed by atoms with Crippen molar-refractivity contribution in [2.45, 2.75) is 36.7 Å². The summed E-state index contributed by atoms with van der Waals surface area (Å²) in [5.74, 6) is 1.08. The van der Waals surface area contributed by atoms with Crippen molar-refractivity contribution in [1.29, 1.82) is 0 Å². The second-order valence-corrected chi connectivity index (χ2v) is 13.4. The lowest BCUT2D eigenvalue weighted by Crippen LogP contribution is -2.37. The van der Waals surface area contributed by atoms with E-state index in [1.54, 1.807) is 42.5 Å². The van der Waals surface area contributed by atoms with Crippen molar-refractivity contribution in [1.82, 2.24) is 14.9 Å². The Morgan fingerprint density at radius 2 is 1.79 bits per heavy atom. The third-order valence-electron chi connectivity index (χ3n) is 7.94. The van der Waals surface area contributed by atoms with Crippen molar-refractivity contribution in [2.24, 2.45) is 5.92 Å². The van der Waals surface area contributed by atoms with Crippen LogP contribution in [0.2, 0.25) is 5.02 Å². The van der Waals surface area contributed by atoms with Gasteiger partial charge in [-0.25, -0.2) is 13.4 Å². The Morgan fingerprint density at radius 1 is 1.05 bits per heavy atom. The van der Waals surface area contributed by atoms with Crippen molar-refractivity contribution >= 4 is 32.5 Å². The van der Waals surface area contributed by atoms with Gasteiger partial charge >= 0.3 is 6.61 Å². The Labute approximate surface area is 248 Å². The van der Waals surface area contributed by atoms with E-state index in [4.69, 9.17) is 26.1 Å². The Morgan fingerprint density at radius 3 is 2.50 bits per heavy atom. The minimum Gasteiger partial charge on any atom is -0.434 e. The number of imidazole rings is 1. The van der Waals surface area contributed by atoms with E-state index < -0.39 is 16.4 Å². The molecule has 2 aliphatic rings. The Bertz CT molecular complexity index is 1650. The van der Waals surface area contributed by atoms with E-state index >= 15 is 0 Å². The lowest BCUT2D eigenvalue weighted by Gasteiger charge is -2.28. The number of benzene rings is 3. The third-order valence-corrected chi connectivity index (χ3v) is 10.2. The van der Waals surface area contributed by atoms with E-state index in [-0.39, 0.29) is 23.3 Å². The van der Waals surface area contributed by atoms with Gasteiger partial charge in [-0.3, -0.25) is 4.90 Å². The fourth-order valence-corrected chi connectivity index (χ4v) is 7.47. The second kappa shape index (κ2) is 12.3. The summed E-state index contributed by atoms with van der Waals surface area (Å²) in [6.07, 6.45) is 2.70. The van der Waals surface area contributed by atoms with E-state index in [2.05, 4.69) is 9.88 Å². The molecule has 1 aliphatic heterocycles. The molecule has 42 heavy (non-hydrogen) atoms. The van der Waals surface area contributed by atoms with Gasteiger partial charge in [0.2, 0.25) is 0 Å². The number of para-hydroxylation sites is 1. The van der Waals surface area contributed by atoms with Crippen molar-refractivity contribution in [3.05, 3.63) is 77.1 Å². The number of morpholine rings is 1. The van der Waals surface area contributed by atoms with Crippen LogP contribution in [0.25, 0.3) is 22.2 Å². The Hall–Kier alpha value is -3.05. The highest BCUT2D eigenvalue weighted by Gasteiger charge is 2.29. The van der Waals surface area contributed by atoms with Gasteiger partial charge < -0.3 is 14.5 Å². The van der Waals surface area contributed by atoms with Gasteiger partial charge in [0.1, 0.15) is 11.6 Å². The first-order valence-electron chi connectivity index (χ1n) is 14.1. The molecular weight excluding hydrogens is 584 g/mol. The van der Waals surface area contributed by atoms with E-state index in [9.17, 15) is 17.2 Å². The van der Waals surface area contributed by atoms with Gasteiger partial charge in [-0.15, -0.1) is 0 Å². The average molecular weight is 616 g/mol. The molecule has 0 bridgehead atoms. The minimum atomic E-state index is -3.32. The molecule has 4 aromatic rings. The maximum absolute atomic E-state index is 13.1. The minimum absolute atomic E-state index is 0.0321. The lowest BCUT2D eigenvalue weighted by atomic mass is 9.94. The maximum Gasteiger partial charge on any atom is 0.387 e. The number of alkyl halides is 2.